The Morgan fingerprint density at radius 2 is 1.68 bits per heavy atom. The number of nitrogens with one attached hydrogen (secondary N) is 3. The Hall–Kier alpha value is -2.72. The summed E-state index contributed by atoms with van der Waals surface area (Å²) in [7, 11) is -3.88. The number of carbonyl (C=O) groups excluding carboxylic acids is 1. The first-order valence-corrected chi connectivity index (χ1v) is 9.29. The Balaban J connectivity index is 1.80. The van der Waals surface area contributed by atoms with E-state index in [-0.39, 0.29) is 16.4 Å². The van der Waals surface area contributed by atoms with Crippen molar-refractivity contribution >= 4 is 43.4 Å². The average Bonchev–Trinajstić information content (AvgIpc) is 3.05. The first kappa shape index (κ1) is 17.1. The van der Waals surface area contributed by atoms with Crippen molar-refractivity contribution in [3.63, 3.8) is 0 Å². The maximum absolute atomic E-state index is 12.3. The van der Waals surface area contributed by atoms with E-state index in [1.807, 2.05) is 0 Å². The third kappa shape index (κ3) is 4.03. The second-order valence-electron chi connectivity index (χ2n) is 4.90. The van der Waals surface area contributed by atoms with Gasteiger partial charge < -0.3 is 5.32 Å². The molecule has 1 amide bonds. The minimum Gasteiger partial charge on any atom is -0.320 e. The predicted octanol–water partition coefficient (Wildman–Crippen LogP) is 2.62. The van der Waals surface area contributed by atoms with Crippen molar-refractivity contribution in [2.45, 2.75) is 4.90 Å². The topological polar surface area (TPSA) is 117 Å². The molecular weight excluding hydrogens is 410 g/mol. The predicted molar refractivity (Wildman–Crippen MR) is 95.7 cm³/mol. The van der Waals surface area contributed by atoms with Crippen LogP contribution in [-0.2, 0) is 10.0 Å². The van der Waals surface area contributed by atoms with Crippen molar-refractivity contribution in [1.82, 2.24) is 15.4 Å². The third-order valence-corrected chi connectivity index (χ3v) is 5.03. The molecule has 0 atom stereocenters. The summed E-state index contributed by atoms with van der Waals surface area (Å²) in [6.07, 6.45) is 0. The van der Waals surface area contributed by atoms with Gasteiger partial charge in [-0.1, -0.05) is 34.1 Å². The van der Waals surface area contributed by atoms with Crippen LogP contribution in [0, 0.1) is 0 Å². The molecule has 0 aliphatic heterocycles. The van der Waals surface area contributed by atoms with E-state index in [4.69, 9.17) is 0 Å². The van der Waals surface area contributed by atoms with Crippen LogP contribution in [0.5, 0.6) is 0 Å². The lowest BCUT2D eigenvalue weighted by Gasteiger charge is -2.07. The van der Waals surface area contributed by atoms with Crippen molar-refractivity contribution in [1.29, 1.82) is 0 Å². The summed E-state index contributed by atoms with van der Waals surface area (Å²) in [5, 5.41) is 12.3. The molecule has 128 valence electrons. The first-order chi connectivity index (χ1) is 12.0. The molecule has 0 unspecified atom stereocenters. The van der Waals surface area contributed by atoms with Gasteiger partial charge in [-0.05, 0) is 36.4 Å². The van der Waals surface area contributed by atoms with E-state index < -0.39 is 15.9 Å². The number of nitrogens with zero attached hydrogens (tertiary/aromatic N) is 2. The Bertz CT molecular complexity index is 988. The summed E-state index contributed by atoms with van der Waals surface area (Å²) in [5.41, 5.74) is 0.371. The molecule has 0 aliphatic carbocycles. The number of benzene rings is 2. The molecule has 0 saturated carbocycles. The maximum atomic E-state index is 12.3. The third-order valence-electron chi connectivity index (χ3n) is 3.15. The quantitative estimate of drug-likeness (QED) is 0.585. The second kappa shape index (κ2) is 7.03. The number of carbonyl (C=O) groups is 1. The van der Waals surface area contributed by atoms with Gasteiger partial charge in [-0.15, -0.1) is 10.2 Å². The fraction of sp³-hybridized carbons (Fsp3) is 0. The van der Waals surface area contributed by atoms with E-state index in [0.717, 1.165) is 4.47 Å². The van der Waals surface area contributed by atoms with Crippen LogP contribution < -0.4 is 10.0 Å². The van der Waals surface area contributed by atoms with Crippen LogP contribution in [0.2, 0.25) is 0 Å². The van der Waals surface area contributed by atoms with Gasteiger partial charge in [0, 0.05) is 10.2 Å². The standard InChI is InChI=1S/C15H12BrN5O3S/c16-10-6-8-11(9-7-10)17-15(22)13-14(19-21-18-13)20-25(23,24)12-4-2-1-3-5-12/h1-9H,(H,17,22)(H2,18,19,20,21). The van der Waals surface area contributed by atoms with E-state index in [1.165, 1.54) is 12.1 Å². The van der Waals surface area contributed by atoms with E-state index in [9.17, 15) is 13.2 Å². The molecule has 8 nitrogen and oxygen atoms in total. The Morgan fingerprint density at radius 3 is 2.36 bits per heavy atom. The molecule has 3 rings (SSSR count). The van der Waals surface area contributed by atoms with E-state index >= 15 is 0 Å². The van der Waals surface area contributed by atoms with Gasteiger partial charge in [-0.3, -0.25) is 9.52 Å². The second-order valence-corrected chi connectivity index (χ2v) is 7.50. The molecule has 0 bridgehead atoms. The number of H-pyrrole nitrogens is 1. The Morgan fingerprint density at radius 1 is 1.00 bits per heavy atom. The number of sulfonamides is 1. The number of rotatable bonds is 5. The molecule has 25 heavy (non-hydrogen) atoms. The van der Waals surface area contributed by atoms with Gasteiger partial charge in [-0.2, -0.15) is 5.21 Å². The Labute approximate surface area is 151 Å². The molecule has 0 spiro atoms. The molecule has 1 heterocycles. The first-order valence-electron chi connectivity index (χ1n) is 7.01. The van der Waals surface area contributed by atoms with Crippen LogP contribution in [-0.4, -0.2) is 29.7 Å². The van der Waals surface area contributed by atoms with Gasteiger partial charge in [0.05, 0.1) is 4.90 Å². The van der Waals surface area contributed by atoms with Gasteiger partial charge in [0.1, 0.15) is 0 Å². The molecule has 1 aromatic heterocycles. The zero-order valence-corrected chi connectivity index (χ0v) is 15.0. The summed E-state index contributed by atoms with van der Waals surface area (Å²) < 4.78 is 27.8. The van der Waals surface area contributed by atoms with Crippen molar-refractivity contribution < 1.29 is 13.2 Å². The summed E-state index contributed by atoms with van der Waals surface area (Å²) in [4.78, 5) is 12.4. The monoisotopic (exact) mass is 421 g/mol. The van der Waals surface area contributed by atoms with E-state index in [0.29, 0.717) is 5.69 Å². The minimum absolute atomic E-state index is 0.0530. The molecule has 10 heteroatoms. The molecule has 3 N–H and O–H groups in total. The van der Waals surface area contributed by atoms with Crippen LogP contribution in [0.1, 0.15) is 10.5 Å². The minimum atomic E-state index is -3.88. The van der Waals surface area contributed by atoms with Gasteiger partial charge in [0.2, 0.25) is 0 Å². The highest BCUT2D eigenvalue weighted by Gasteiger charge is 2.22. The van der Waals surface area contributed by atoms with Crippen molar-refractivity contribution in [2.24, 2.45) is 0 Å². The smallest absolute Gasteiger partial charge is 0.280 e. The highest BCUT2D eigenvalue weighted by molar-refractivity contribution is 9.10. The molecular formula is C15H12BrN5O3S. The van der Waals surface area contributed by atoms with Crippen LogP contribution >= 0.6 is 15.9 Å². The number of amides is 1. The molecule has 0 aliphatic rings. The lowest BCUT2D eigenvalue weighted by Crippen LogP contribution is -2.18. The van der Waals surface area contributed by atoms with Gasteiger partial charge in [0.25, 0.3) is 15.9 Å². The zero-order valence-electron chi connectivity index (χ0n) is 12.6. The SMILES string of the molecule is O=C(Nc1ccc(Br)cc1)c1n[nH]nc1NS(=O)(=O)c1ccccc1. The van der Waals surface area contributed by atoms with E-state index in [2.05, 4.69) is 41.4 Å². The number of halogens is 1. The lowest BCUT2D eigenvalue weighted by atomic mass is 10.3. The van der Waals surface area contributed by atoms with Crippen molar-refractivity contribution in [3.05, 3.63) is 64.8 Å². The van der Waals surface area contributed by atoms with Crippen LogP contribution in [0.4, 0.5) is 11.5 Å². The van der Waals surface area contributed by atoms with Crippen LogP contribution in [0.3, 0.4) is 0 Å². The van der Waals surface area contributed by atoms with Gasteiger partial charge in [0.15, 0.2) is 11.5 Å². The summed E-state index contributed by atoms with van der Waals surface area (Å²) in [6, 6.07) is 14.7. The lowest BCUT2D eigenvalue weighted by molar-refractivity contribution is 0.102. The van der Waals surface area contributed by atoms with Gasteiger partial charge in [-0.25, -0.2) is 8.42 Å². The fourth-order valence-electron chi connectivity index (χ4n) is 1.97. The largest absolute Gasteiger partial charge is 0.320 e. The molecule has 0 saturated heterocycles. The Kier molecular flexibility index (Phi) is 4.81. The van der Waals surface area contributed by atoms with Crippen molar-refractivity contribution in [3.8, 4) is 0 Å². The normalized spacial score (nSPS) is 11.1. The van der Waals surface area contributed by atoms with Crippen molar-refractivity contribution in [2.75, 3.05) is 10.0 Å². The number of hydrogen-bond acceptors (Lipinski definition) is 5. The molecule has 2 aromatic carbocycles. The summed E-state index contributed by atoms with van der Waals surface area (Å²) >= 11 is 3.30. The molecule has 3 aromatic rings. The van der Waals surface area contributed by atoms with Gasteiger partial charge >= 0.3 is 0 Å². The molecule has 0 radical (unpaired) electrons. The number of hydrogen-bond donors (Lipinski definition) is 3. The number of aromatic nitrogens is 3. The number of aromatic amines is 1. The highest BCUT2D eigenvalue weighted by atomic mass is 79.9. The van der Waals surface area contributed by atoms with Crippen LogP contribution in [0.15, 0.2) is 64.0 Å². The summed E-state index contributed by atoms with van der Waals surface area (Å²) in [5.74, 6) is -0.778. The van der Waals surface area contributed by atoms with E-state index in [1.54, 1.807) is 42.5 Å². The fourth-order valence-corrected chi connectivity index (χ4v) is 3.26. The highest BCUT2D eigenvalue weighted by Crippen LogP contribution is 2.18. The number of anilines is 2. The summed E-state index contributed by atoms with van der Waals surface area (Å²) in [6.45, 7) is 0. The molecule has 0 fully saturated rings. The zero-order chi connectivity index (χ0) is 17.9. The average molecular weight is 422 g/mol. The van der Waals surface area contributed by atoms with Crippen LogP contribution in [0.25, 0.3) is 0 Å². The maximum Gasteiger partial charge on any atom is 0.280 e.